The molecule has 0 amide bonds. The lowest BCUT2D eigenvalue weighted by atomic mass is 10.0. The molecule has 0 saturated carbocycles. The summed E-state index contributed by atoms with van der Waals surface area (Å²) in [7, 11) is 0. The Labute approximate surface area is 142 Å². The van der Waals surface area contributed by atoms with E-state index in [1.54, 1.807) is 6.92 Å². The molecule has 23 heavy (non-hydrogen) atoms. The number of halogens is 1. The van der Waals surface area contributed by atoms with Gasteiger partial charge in [0, 0.05) is 6.54 Å². The first kappa shape index (κ1) is 15.5. The van der Waals surface area contributed by atoms with Crippen molar-refractivity contribution in [3.8, 4) is 11.1 Å². The molecule has 5 heteroatoms. The number of benzene rings is 2. The molecule has 4 nitrogen and oxygen atoms in total. The Bertz CT molecular complexity index is 839. The lowest BCUT2D eigenvalue weighted by Gasteiger charge is -2.08. The van der Waals surface area contributed by atoms with Crippen LogP contribution in [0, 0.1) is 6.92 Å². The van der Waals surface area contributed by atoms with Crippen molar-refractivity contribution in [2.45, 2.75) is 13.5 Å². The Balaban J connectivity index is 1.86. The van der Waals surface area contributed by atoms with Crippen LogP contribution < -0.4 is 0 Å². The zero-order valence-electron chi connectivity index (χ0n) is 12.5. The van der Waals surface area contributed by atoms with E-state index in [0.29, 0.717) is 17.0 Å². The fraction of sp³-hybridized carbons (Fsp3) is 0.111. The maximum Gasteiger partial charge on any atom is 0.356 e. The standard InChI is InChI=1S/C18H15BrN2O2/c1-12-16(17(22)23)20-18(19)21(12)11-13-7-9-15(10-8-13)14-5-3-2-4-6-14/h2-10H,11H2,1H3,(H,22,23). The fourth-order valence-electron chi connectivity index (χ4n) is 2.50. The van der Waals surface area contributed by atoms with Crippen LogP contribution in [0.15, 0.2) is 59.3 Å². The van der Waals surface area contributed by atoms with E-state index in [-0.39, 0.29) is 5.69 Å². The zero-order valence-corrected chi connectivity index (χ0v) is 14.1. The minimum absolute atomic E-state index is 0.0813. The molecule has 0 aliphatic heterocycles. The number of hydrogen-bond acceptors (Lipinski definition) is 2. The van der Waals surface area contributed by atoms with Crippen molar-refractivity contribution < 1.29 is 9.90 Å². The number of imidazole rings is 1. The molecule has 1 aromatic heterocycles. The van der Waals surface area contributed by atoms with Gasteiger partial charge in [-0.25, -0.2) is 9.78 Å². The summed E-state index contributed by atoms with van der Waals surface area (Å²) in [4.78, 5) is 15.2. The second kappa shape index (κ2) is 6.38. The Kier molecular flexibility index (Phi) is 4.30. The van der Waals surface area contributed by atoms with Gasteiger partial charge in [0.25, 0.3) is 0 Å². The lowest BCUT2D eigenvalue weighted by molar-refractivity contribution is 0.0690. The number of rotatable bonds is 4. The van der Waals surface area contributed by atoms with Gasteiger partial charge < -0.3 is 9.67 Å². The average Bonchev–Trinajstić information content (AvgIpc) is 2.85. The number of carboxylic acids is 1. The van der Waals surface area contributed by atoms with Gasteiger partial charge in [0.05, 0.1) is 5.69 Å². The monoisotopic (exact) mass is 370 g/mol. The van der Waals surface area contributed by atoms with Gasteiger partial charge in [-0.3, -0.25) is 0 Å². The zero-order chi connectivity index (χ0) is 16.4. The Morgan fingerprint density at radius 2 is 1.70 bits per heavy atom. The average molecular weight is 371 g/mol. The van der Waals surface area contributed by atoms with Crippen LogP contribution in [0.25, 0.3) is 11.1 Å². The molecular weight excluding hydrogens is 356 g/mol. The van der Waals surface area contributed by atoms with Crippen molar-refractivity contribution in [2.75, 3.05) is 0 Å². The minimum Gasteiger partial charge on any atom is -0.476 e. The van der Waals surface area contributed by atoms with Gasteiger partial charge in [-0.1, -0.05) is 54.6 Å². The summed E-state index contributed by atoms with van der Waals surface area (Å²) in [6.45, 7) is 2.33. The maximum atomic E-state index is 11.1. The number of carbonyl (C=O) groups is 1. The molecule has 1 heterocycles. The molecule has 0 unspecified atom stereocenters. The van der Waals surface area contributed by atoms with E-state index in [9.17, 15) is 4.79 Å². The predicted octanol–water partition coefficient (Wildman–Crippen LogP) is 4.37. The molecule has 2 aromatic carbocycles. The molecule has 0 atom stereocenters. The number of hydrogen-bond donors (Lipinski definition) is 1. The van der Waals surface area contributed by atoms with Gasteiger partial charge in [-0.15, -0.1) is 0 Å². The van der Waals surface area contributed by atoms with Gasteiger partial charge in [0.2, 0.25) is 0 Å². The third-order valence-corrected chi connectivity index (χ3v) is 4.38. The van der Waals surface area contributed by atoms with Crippen molar-refractivity contribution in [1.29, 1.82) is 0 Å². The number of carboxylic acid groups (broad SMARTS) is 1. The second-order valence-electron chi connectivity index (χ2n) is 5.27. The molecule has 0 aliphatic carbocycles. The fourth-order valence-corrected chi connectivity index (χ4v) is 3.07. The highest BCUT2D eigenvalue weighted by molar-refractivity contribution is 9.10. The Hall–Kier alpha value is -2.40. The maximum absolute atomic E-state index is 11.1. The highest BCUT2D eigenvalue weighted by Crippen LogP contribution is 2.22. The summed E-state index contributed by atoms with van der Waals surface area (Å²) in [5.74, 6) is -1.01. The van der Waals surface area contributed by atoms with Crippen LogP contribution >= 0.6 is 15.9 Å². The third kappa shape index (κ3) is 3.19. The van der Waals surface area contributed by atoms with E-state index in [1.165, 1.54) is 5.56 Å². The molecule has 3 rings (SSSR count). The van der Waals surface area contributed by atoms with Crippen LogP contribution in [0.2, 0.25) is 0 Å². The van der Waals surface area contributed by atoms with Crippen molar-refractivity contribution in [2.24, 2.45) is 0 Å². The van der Waals surface area contributed by atoms with Gasteiger partial charge in [0.15, 0.2) is 10.4 Å². The summed E-state index contributed by atoms with van der Waals surface area (Å²) in [6.07, 6.45) is 0. The molecule has 116 valence electrons. The van der Waals surface area contributed by atoms with Crippen LogP contribution in [-0.4, -0.2) is 20.6 Å². The number of nitrogens with zero attached hydrogens (tertiary/aromatic N) is 2. The molecule has 0 aliphatic rings. The first-order valence-electron chi connectivity index (χ1n) is 7.16. The molecule has 0 spiro atoms. The normalized spacial score (nSPS) is 10.7. The van der Waals surface area contributed by atoms with E-state index >= 15 is 0 Å². The molecule has 0 radical (unpaired) electrons. The van der Waals surface area contributed by atoms with E-state index in [4.69, 9.17) is 5.11 Å². The third-order valence-electron chi connectivity index (χ3n) is 3.78. The minimum atomic E-state index is -1.01. The molecule has 1 N–H and O–H groups in total. The van der Waals surface area contributed by atoms with Crippen LogP contribution in [0.3, 0.4) is 0 Å². The number of aromatic carboxylic acids is 1. The highest BCUT2D eigenvalue weighted by Gasteiger charge is 2.17. The van der Waals surface area contributed by atoms with Crippen molar-refractivity contribution in [3.63, 3.8) is 0 Å². The Morgan fingerprint density at radius 3 is 2.26 bits per heavy atom. The first-order valence-corrected chi connectivity index (χ1v) is 7.96. The van der Waals surface area contributed by atoms with Crippen LogP contribution in [0.4, 0.5) is 0 Å². The predicted molar refractivity (Wildman–Crippen MR) is 92.6 cm³/mol. The topological polar surface area (TPSA) is 55.1 Å². The van der Waals surface area contributed by atoms with Crippen molar-refractivity contribution in [3.05, 3.63) is 76.3 Å². The molecule has 3 aromatic rings. The smallest absolute Gasteiger partial charge is 0.356 e. The van der Waals surface area contributed by atoms with Gasteiger partial charge >= 0.3 is 5.97 Å². The van der Waals surface area contributed by atoms with Gasteiger partial charge in [-0.2, -0.15) is 0 Å². The molecule has 0 saturated heterocycles. The van der Waals surface area contributed by atoms with E-state index in [2.05, 4.69) is 57.3 Å². The summed E-state index contributed by atoms with van der Waals surface area (Å²) < 4.78 is 2.38. The molecule has 0 bridgehead atoms. The summed E-state index contributed by atoms with van der Waals surface area (Å²) in [6, 6.07) is 18.4. The van der Waals surface area contributed by atoms with Crippen molar-refractivity contribution >= 4 is 21.9 Å². The van der Waals surface area contributed by atoms with E-state index in [0.717, 1.165) is 11.1 Å². The van der Waals surface area contributed by atoms with Crippen LogP contribution in [0.5, 0.6) is 0 Å². The van der Waals surface area contributed by atoms with Crippen LogP contribution in [-0.2, 0) is 6.54 Å². The summed E-state index contributed by atoms with van der Waals surface area (Å²) in [5.41, 5.74) is 4.13. The van der Waals surface area contributed by atoms with E-state index < -0.39 is 5.97 Å². The Morgan fingerprint density at radius 1 is 1.09 bits per heavy atom. The first-order chi connectivity index (χ1) is 11.1. The largest absolute Gasteiger partial charge is 0.476 e. The van der Waals surface area contributed by atoms with Crippen molar-refractivity contribution in [1.82, 2.24) is 9.55 Å². The van der Waals surface area contributed by atoms with E-state index in [1.807, 2.05) is 22.8 Å². The van der Waals surface area contributed by atoms with Gasteiger partial charge in [0.1, 0.15) is 0 Å². The quantitative estimate of drug-likeness (QED) is 0.741. The summed E-state index contributed by atoms with van der Waals surface area (Å²) in [5, 5.41) is 9.14. The number of aromatic nitrogens is 2. The summed E-state index contributed by atoms with van der Waals surface area (Å²) >= 11 is 3.33. The molecular formula is C18H15BrN2O2. The van der Waals surface area contributed by atoms with Crippen LogP contribution in [0.1, 0.15) is 21.7 Å². The molecule has 0 fully saturated rings. The second-order valence-corrected chi connectivity index (χ2v) is 5.98. The van der Waals surface area contributed by atoms with Gasteiger partial charge in [-0.05, 0) is 39.5 Å². The SMILES string of the molecule is Cc1c(C(=O)O)nc(Br)n1Cc1ccc(-c2ccccc2)cc1. The highest BCUT2D eigenvalue weighted by atomic mass is 79.9. The lowest BCUT2D eigenvalue weighted by Crippen LogP contribution is -2.05.